The smallest absolute Gasteiger partial charge is 0.159 e. The molecule has 0 saturated carbocycles. The predicted octanol–water partition coefficient (Wildman–Crippen LogP) is 1.75. The summed E-state index contributed by atoms with van der Waals surface area (Å²) in [6.07, 6.45) is 2.19. The number of hydrazine groups is 1. The van der Waals surface area contributed by atoms with E-state index in [9.17, 15) is 8.78 Å². The van der Waals surface area contributed by atoms with Crippen molar-refractivity contribution in [3.8, 4) is 0 Å². The summed E-state index contributed by atoms with van der Waals surface area (Å²) >= 11 is 0. The van der Waals surface area contributed by atoms with Crippen LogP contribution in [-0.2, 0) is 13.5 Å². The molecule has 0 saturated heterocycles. The number of halogens is 2. The van der Waals surface area contributed by atoms with Crippen molar-refractivity contribution in [2.75, 3.05) is 0 Å². The maximum absolute atomic E-state index is 13.2. The Labute approximate surface area is 110 Å². The van der Waals surface area contributed by atoms with Crippen LogP contribution >= 0.6 is 0 Å². The van der Waals surface area contributed by atoms with Crippen LogP contribution in [0, 0.1) is 18.6 Å². The van der Waals surface area contributed by atoms with Crippen molar-refractivity contribution < 1.29 is 8.78 Å². The summed E-state index contributed by atoms with van der Waals surface area (Å²) < 4.78 is 27.8. The van der Waals surface area contributed by atoms with Crippen molar-refractivity contribution in [2.45, 2.75) is 19.4 Å². The minimum Gasteiger partial charge on any atom is -0.271 e. The van der Waals surface area contributed by atoms with Gasteiger partial charge in [0.25, 0.3) is 0 Å². The van der Waals surface area contributed by atoms with Crippen molar-refractivity contribution in [1.82, 2.24) is 15.2 Å². The number of benzene rings is 1. The number of rotatable bonds is 4. The molecule has 6 heteroatoms. The van der Waals surface area contributed by atoms with Gasteiger partial charge in [0.05, 0.1) is 17.9 Å². The highest BCUT2D eigenvalue weighted by Crippen LogP contribution is 2.21. The van der Waals surface area contributed by atoms with Gasteiger partial charge in [0.1, 0.15) is 0 Å². The van der Waals surface area contributed by atoms with Gasteiger partial charge in [0, 0.05) is 7.05 Å². The molecule has 102 valence electrons. The zero-order valence-electron chi connectivity index (χ0n) is 10.8. The Morgan fingerprint density at radius 1 is 1.37 bits per heavy atom. The van der Waals surface area contributed by atoms with E-state index < -0.39 is 11.6 Å². The Morgan fingerprint density at radius 2 is 2.11 bits per heavy atom. The van der Waals surface area contributed by atoms with Gasteiger partial charge in [-0.2, -0.15) is 5.10 Å². The fourth-order valence-corrected chi connectivity index (χ4v) is 2.19. The van der Waals surface area contributed by atoms with Crippen LogP contribution in [0.25, 0.3) is 0 Å². The summed E-state index contributed by atoms with van der Waals surface area (Å²) in [5.41, 5.74) is 5.28. The van der Waals surface area contributed by atoms with E-state index in [1.807, 2.05) is 14.0 Å². The number of hydrogen-bond acceptors (Lipinski definition) is 3. The second-order valence-corrected chi connectivity index (χ2v) is 4.51. The minimum atomic E-state index is -0.852. The van der Waals surface area contributed by atoms with Crippen LogP contribution in [0.5, 0.6) is 0 Å². The van der Waals surface area contributed by atoms with Crippen molar-refractivity contribution in [3.63, 3.8) is 0 Å². The normalized spacial score (nSPS) is 12.7. The largest absolute Gasteiger partial charge is 0.271 e. The van der Waals surface area contributed by atoms with Crippen molar-refractivity contribution in [3.05, 3.63) is 52.9 Å². The predicted molar refractivity (Wildman–Crippen MR) is 68.1 cm³/mol. The van der Waals surface area contributed by atoms with E-state index in [0.29, 0.717) is 12.0 Å². The minimum absolute atomic E-state index is 0.211. The fraction of sp³-hybridized carbons (Fsp3) is 0.308. The first-order chi connectivity index (χ1) is 9.02. The molecular weight excluding hydrogens is 250 g/mol. The molecule has 0 aliphatic heterocycles. The average Bonchev–Trinajstić information content (AvgIpc) is 2.71. The Bertz CT molecular complexity index is 561. The molecule has 0 aliphatic rings. The van der Waals surface area contributed by atoms with Crippen LogP contribution in [0.3, 0.4) is 0 Å². The quantitative estimate of drug-likeness (QED) is 0.655. The Hall–Kier alpha value is -1.79. The van der Waals surface area contributed by atoms with Crippen LogP contribution in [0.2, 0.25) is 0 Å². The lowest BCUT2D eigenvalue weighted by Gasteiger charge is -2.17. The van der Waals surface area contributed by atoms with E-state index in [1.54, 1.807) is 16.9 Å². The Kier molecular flexibility index (Phi) is 3.92. The Morgan fingerprint density at radius 3 is 2.63 bits per heavy atom. The third-order valence-electron chi connectivity index (χ3n) is 3.13. The van der Waals surface area contributed by atoms with Gasteiger partial charge >= 0.3 is 0 Å². The maximum atomic E-state index is 13.2. The average molecular weight is 266 g/mol. The molecule has 2 aromatic rings. The number of nitrogens with two attached hydrogens (primary N) is 1. The molecule has 0 spiro atoms. The van der Waals surface area contributed by atoms with Crippen molar-refractivity contribution >= 4 is 0 Å². The zero-order valence-corrected chi connectivity index (χ0v) is 10.8. The molecule has 0 radical (unpaired) electrons. The van der Waals surface area contributed by atoms with Crippen molar-refractivity contribution in [2.24, 2.45) is 12.9 Å². The molecule has 1 aromatic heterocycles. The van der Waals surface area contributed by atoms with Gasteiger partial charge in [-0.15, -0.1) is 0 Å². The highest BCUT2D eigenvalue weighted by molar-refractivity contribution is 5.24. The molecule has 2 rings (SSSR count). The lowest BCUT2D eigenvalue weighted by molar-refractivity contribution is 0.492. The number of nitrogens with zero attached hydrogens (tertiary/aromatic N) is 2. The first kappa shape index (κ1) is 13.6. The van der Waals surface area contributed by atoms with Gasteiger partial charge in [-0.1, -0.05) is 6.07 Å². The van der Waals surface area contributed by atoms with Crippen LogP contribution in [-0.4, -0.2) is 9.78 Å². The van der Waals surface area contributed by atoms with E-state index in [2.05, 4.69) is 10.5 Å². The van der Waals surface area contributed by atoms with Gasteiger partial charge in [0.2, 0.25) is 0 Å². The summed E-state index contributed by atoms with van der Waals surface area (Å²) in [6, 6.07) is 3.64. The molecule has 0 amide bonds. The molecule has 1 heterocycles. The lowest BCUT2D eigenvalue weighted by Crippen LogP contribution is -2.31. The molecule has 19 heavy (non-hydrogen) atoms. The molecule has 4 nitrogen and oxygen atoms in total. The monoisotopic (exact) mass is 266 g/mol. The molecule has 1 atom stereocenters. The highest BCUT2D eigenvalue weighted by Gasteiger charge is 2.17. The second kappa shape index (κ2) is 5.46. The molecule has 0 bridgehead atoms. The molecular formula is C13H16F2N4. The van der Waals surface area contributed by atoms with E-state index in [4.69, 9.17) is 5.84 Å². The first-order valence-electron chi connectivity index (χ1n) is 5.91. The highest BCUT2D eigenvalue weighted by atomic mass is 19.2. The molecule has 1 aromatic carbocycles. The first-order valence-corrected chi connectivity index (χ1v) is 5.91. The van der Waals surface area contributed by atoms with Crippen LogP contribution in [0.15, 0.2) is 24.4 Å². The van der Waals surface area contributed by atoms with E-state index >= 15 is 0 Å². The maximum Gasteiger partial charge on any atom is 0.159 e. The van der Waals surface area contributed by atoms with Gasteiger partial charge in [-0.3, -0.25) is 16.0 Å². The van der Waals surface area contributed by atoms with Gasteiger partial charge in [-0.25, -0.2) is 8.78 Å². The number of aryl methyl sites for hydroxylation is 2. The van der Waals surface area contributed by atoms with Crippen molar-refractivity contribution in [1.29, 1.82) is 0 Å². The Balaban J connectivity index is 2.26. The van der Waals surface area contributed by atoms with Crippen LogP contribution in [0.1, 0.15) is 22.9 Å². The van der Waals surface area contributed by atoms with E-state index in [0.717, 1.165) is 17.3 Å². The van der Waals surface area contributed by atoms with Crippen LogP contribution < -0.4 is 11.3 Å². The molecule has 0 aliphatic carbocycles. The second-order valence-electron chi connectivity index (χ2n) is 4.51. The summed E-state index contributed by atoms with van der Waals surface area (Å²) in [5.74, 6) is 3.86. The number of nitrogens with one attached hydrogen (secondary N) is 1. The molecule has 1 unspecified atom stereocenters. The number of aromatic nitrogens is 2. The van der Waals surface area contributed by atoms with E-state index in [1.165, 1.54) is 6.07 Å². The van der Waals surface area contributed by atoms with Crippen LogP contribution in [0.4, 0.5) is 8.78 Å². The third kappa shape index (κ3) is 2.80. The summed E-state index contributed by atoms with van der Waals surface area (Å²) in [4.78, 5) is 0. The lowest BCUT2D eigenvalue weighted by atomic mass is 10.0. The molecule has 3 N–H and O–H groups in total. The summed E-state index contributed by atoms with van der Waals surface area (Å²) in [6.45, 7) is 1.93. The summed E-state index contributed by atoms with van der Waals surface area (Å²) in [5, 5.41) is 4.15. The zero-order chi connectivity index (χ0) is 14.0. The fourth-order valence-electron chi connectivity index (χ4n) is 2.19. The van der Waals surface area contributed by atoms with E-state index in [-0.39, 0.29) is 6.04 Å². The van der Waals surface area contributed by atoms with Gasteiger partial charge in [0.15, 0.2) is 11.6 Å². The van der Waals surface area contributed by atoms with Gasteiger partial charge < -0.3 is 0 Å². The SMILES string of the molecule is Cc1cnn(C)c1C(Cc1ccc(F)c(F)c1)NN. The topological polar surface area (TPSA) is 55.9 Å². The number of hydrogen-bond donors (Lipinski definition) is 2. The molecule has 0 fully saturated rings. The van der Waals surface area contributed by atoms with Gasteiger partial charge in [-0.05, 0) is 36.6 Å². The standard InChI is InChI=1S/C13H16F2N4/c1-8-7-17-19(2)13(8)12(18-16)6-9-3-4-10(14)11(15)5-9/h3-5,7,12,18H,6,16H2,1-2H3. The third-order valence-corrected chi connectivity index (χ3v) is 3.13. The summed E-state index contributed by atoms with van der Waals surface area (Å²) in [7, 11) is 1.82.